The lowest BCUT2D eigenvalue weighted by Crippen LogP contribution is -2.23. The number of fused-ring (bicyclic) bond motifs is 1. The average Bonchev–Trinajstić information content (AvgIpc) is 3.19. The molecule has 0 unspecified atom stereocenters. The highest BCUT2D eigenvalue weighted by Crippen LogP contribution is 2.47. The molecular weight excluding hydrogens is 342 g/mol. The summed E-state index contributed by atoms with van der Waals surface area (Å²) in [5, 5.41) is 0.314. The summed E-state index contributed by atoms with van der Waals surface area (Å²) in [6.07, 6.45) is 3.96. The Morgan fingerprint density at radius 2 is 1.85 bits per heavy atom. The van der Waals surface area contributed by atoms with Gasteiger partial charge in [-0.25, -0.2) is 0 Å². The number of para-hydroxylation sites is 1. The number of rotatable bonds is 6. The quantitative estimate of drug-likeness (QED) is 0.655. The van der Waals surface area contributed by atoms with Gasteiger partial charge in [0.1, 0.15) is 17.6 Å². The fraction of sp³-hybridized carbons (Fsp3) is 0.455. The average molecular weight is 370 g/mol. The van der Waals surface area contributed by atoms with E-state index in [1.54, 1.807) is 0 Å². The summed E-state index contributed by atoms with van der Waals surface area (Å²) in [7, 11) is 0. The lowest BCUT2D eigenvalue weighted by atomic mass is 10.1. The maximum atomic E-state index is 6.10. The fourth-order valence-electron chi connectivity index (χ4n) is 3.72. The van der Waals surface area contributed by atoms with Crippen molar-refractivity contribution in [2.24, 2.45) is 0 Å². The molecule has 0 aliphatic carbocycles. The van der Waals surface area contributed by atoms with Gasteiger partial charge in [-0.05, 0) is 69.1 Å². The Bertz CT molecular complexity index is 712. The van der Waals surface area contributed by atoms with Crippen molar-refractivity contribution in [1.29, 1.82) is 0 Å². The van der Waals surface area contributed by atoms with Crippen LogP contribution in [0.2, 0.25) is 0 Å². The van der Waals surface area contributed by atoms with Gasteiger partial charge in [-0.2, -0.15) is 0 Å². The van der Waals surface area contributed by atoms with Crippen molar-refractivity contribution < 1.29 is 9.47 Å². The Kier molecular flexibility index (Phi) is 5.71. The van der Waals surface area contributed by atoms with Crippen LogP contribution in [0.15, 0.2) is 53.4 Å². The van der Waals surface area contributed by atoms with E-state index in [2.05, 4.69) is 48.2 Å². The first kappa shape index (κ1) is 17.7. The van der Waals surface area contributed by atoms with E-state index in [1.807, 2.05) is 23.9 Å². The summed E-state index contributed by atoms with van der Waals surface area (Å²) in [5.41, 5.74) is 1.29. The normalized spacial score (nSPS) is 22.7. The maximum Gasteiger partial charge on any atom is 0.133 e. The summed E-state index contributed by atoms with van der Waals surface area (Å²) in [4.78, 5) is 3.75. The molecule has 0 spiro atoms. The Morgan fingerprint density at radius 3 is 2.65 bits per heavy atom. The second kappa shape index (κ2) is 8.36. The molecule has 1 saturated heterocycles. The number of likely N-dealkylation sites (tertiary alicyclic amines) is 1. The second-order valence-corrected chi connectivity index (χ2v) is 8.31. The third kappa shape index (κ3) is 4.18. The molecule has 26 heavy (non-hydrogen) atoms. The Labute approximate surface area is 160 Å². The third-order valence-corrected chi connectivity index (χ3v) is 6.64. The topological polar surface area (TPSA) is 21.7 Å². The van der Waals surface area contributed by atoms with Gasteiger partial charge in [0.25, 0.3) is 0 Å². The maximum absolute atomic E-state index is 6.10. The molecule has 4 rings (SSSR count). The van der Waals surface area contributed by atoms with Crippen LogP contribution in [-0.2, 0) is 0 Å². The van der Waals surface area contributed by atoms with E-state index in [-0.39, 0.29) is 6.10 Å². The monoisotopic (exact) mass is 369 g/mol. The fourth-order valence-corrected chi connectivity index (χ4v) is 4.92. The van der Waals surface area contributed by atoms with Gasteiger partial charge in [-0.3, -0.25) is 0 Å². The largest absolute Gasteiger partial charge is 0.494 e. The number of nitrogens with zero attached hydrogens (tertiary/aromatic N) is 1. The van der Waals surface area contributed by atoms with Crippen LogP contribution in [0.25, 0.3) is 0 Å². The van der Waals surface area contributed by atoms with Crippen LogP contribution in [0, 0.1) is 0 Å². The minimum absolute atomic E-state index is 0.155. The van der Waals surface area contributed by atoms with Crippen LogP contribution in [0.4, 0.5) is 0 Å². The highest BCUT2D eigenvalue weighted by molar-refractivity contribution is 7.99. The van der Waals surface area contributed by atoms with Crippen molar-refractivity contribution in [2.75, 3.05) is 26.2 Å². The van der Waals surface area contributed by atoms with E-state index in [0.29, 0.717) is 5.25 Å². The summed E-state index contributed by atoms with van der Waals surface area (Å²) >= 11 is 1.89. The van der Waals surface area contributed by atoms with Crippen molar-refractivity contribution in [2.45, 2.75) is 42.4 Å². The number of ether oxygens (including phenoxy) is 2. The number of hydrogen-bond donors (Lipinski definition) is 0. The summed E-state index contributed by atoms with van der Waals surface area (Å²) in [6, 6.07) is 16.8. The molecule has 3 nitrogen and oxygen atoms in total. The van der Waals surface area contributed by atoms with Crippen LogP contribution in [0.5, 0.6) is 11.5 Å². The summed E-state index contributed by atoms with van der Waals surface area (Å²) in [5.74, 6) is 1.96. The van der Waals surface area contributed by atoms with Crippen molar-refractivity contribution >= 4 is 11.8 Å². The first-order valence-corrected chi connectivity index (χ1v) is 10.5. The first-order chi connectivity index (χ1) is 12.8. The molecule has 2 aliphatic heterocycles. The molecule has 0 bridgehead atoms. The molecule has 0 aromatic heterocycles. The number of hydrogen-bond acceptors (Lipinski definition) is 4. The van der Waals surface area contributed by atoms with E-state index in [9.17, 15) is 0 Å². The number of benzene rings is 2. The molecule has 1 fully saturated rings. The lowest BCUT2D eigenvalue weighted by Gasteiger charge is -2.31. The van der Waals surface area contributed by atoms with E-state index >= 15 is 0 Å². The molecule has 4 heteroatoms. The van der Waals surface area contributed by atoms with E-state index < -0.39 is 0 Å². The SMILES string of the molecule is C[C@H]1Oc2ccccc2S[C@H]1c1ccc(OCCCN2CCCC2)cc1. The van der Waals surface area contributed by atoms with Crippen molar-refractivity contribution in [3.8, 4) is 11.5 Å². The molecule has 2 aromatic carbocycles. The van der Waals surface area contributed by atoms with Gasteiger partial charge in [0, 0.05) is 6.54 Å². The molecule has 138 valence electrons. The van der Waals surface area contributed by atoms with E-state index in [1.165, 1.54) is 36.4 Å². The van der Waals surface area contributed by atoms with Gasteiger partial charge in [0.05, 0.1) is 16.8 Å². The molecule has 2 aliphatic rings. The lowest BCUT2D eigenvalue weighted by molar-refractivity contribution is 0.207. The molecule has 2 atom stereocenters. The van der Waals surface area contributed by atoms with Gasteiger partial charge in [0.15, 0.2) is 0 Å². The first-order valence-electron chi connectivity index (χ1n) is 9.67. The van der Waals surface area contributed by atoms with Crippen molar-refractivity contribution in [3.05, 3.63) is 54.1 Å². The zero-order chi connectivity index (χ0) is 17.8. The second-order valence-electron chi connectivity index (χ2n) is 7.13. The highest BCUT2D eigenvalue weighted by Gasteiger charge is 2.28. The predicted octanol–water partition coefficient (Wildman–Crippen LogP) is 5.17. The zero-order valence-corrected chi connectivity index (χ0v) is 16.2. The van der Waals surface area contributed by atoms with Crippen LogP contribution >= 0.6 is 11.8 Å². The molecule has 0 radical (unpaired) electrons. The van der Waals surface area contributed by atoms with Crippen LogP contribution in [-0.4, -0.2) is 37.2 Å². The summed E-state index contributed by atoms with van der Waals surface area (Å²) < 4.78 is 12.0. The molecule has 0 N–H and O–H groups in total. The third-order valence-electron chi connectivity index (χ3n) is 5.14. The molecular formula is C22H27NO2S. The Balaban J connectivity index is 1.31. The highest BCUT2D eigenvalue weighted by atomic mass is 32.2. The smallest absolute Gasteiger partial charge is 0.133 e. The van der Waals surface area contributed by atoms with Gasteiger partial charge >= 0.3 is 0 Å². The van der Waals surface area contributed by atoms with Crippen LogP contribution < -0.4 is 9.47 Å². The zero-order valence-electron chi connectivity index (χ0n) is 15.4. The Morgan fingerprint density at radius 1 is 1.08 bits per heavy atom. The van der Waals surface area contributed by atoms with E-state index in [4.69, 9.17) is 9.47 Å². The molecule has 2 aromatic rings. The van der Waals surface area contributed by atoms with Crippen LogP contribution in [0.1, 0.15) is 37.0 Å². The van der Waals surface area contributed by atoms with Crippen LogP contribution in [0.3, 0.4) is 0 Å². The number of thioether (sulfide) groups is 1. The molecule has 2 heterocycles. The van der Waals surface area contributed by atoms with Gasteiger partial charge in [-0.15, -0.1) is 11.8 Å². The predicted molar refractivity (Wildman–Crippen MR) is 107 cm³/mol. The summed E-state index contributed by atoms with van der Waals surface area (Å²) in [6.45, 7) is 6.62. The molecule has 0 amide bonds. The minimum Gasteiger partial charge on any atom is -0.494 e. The standard InChI is InChI=1S/C22H27NO2S/c1-17-22(26-21-8-3-2-7-20(21)25-17)18-9-11-19(12-10-18)24-16-6-15-23-13-4-5-14-23/h2-3,7-12,17,22H,4-6,13-16H2,1H3/t17-,22-/m1/s1. The Hall–Kier alpha value is -1.65. The van der Waals surface area contributed by atoms with Gasteiger partial charge in [-0.1, -0.05) is 24.3 Å². The van der Waals surface area contributed by atoms with Crippen molar-refractivity contribution in [1.82, 2.24) is 4.90 Å². The minimum atomic E-state index is 0.155. The van der Waals surface area contributed by atoms with Crippen molar-refractivity contribution in [3.63, 3.8) is 0 Å². The van der Waals surface area contributed by atoms with E-state index in [0.717, 1.165) is 31.1 Å². The molecule has 0 saturated carbocycles. The van der Waals surface area contributed by atoms with Gasteiger partial charge < -0.3 is 14.4 Å². The van der Waals surface area contributed by atoms with Gasteiger partial charge in [0.2, 0.25) is 0 Å².